The molecule has 1 aromatic rings. The average molecular weight is 278 g/mol. The van der Waals surface area contributed by atoms with Crippen LogP contribution in [0.5, 0.6) is 0 Å². The van der Waals surface area contributed by atoms with Crippen LogP contribution in [0.15, 0.2) is 4.79 Å². The molecule has 0 spiro atoms. The summed E-state index contributed by atoms with van der Waals surface area (Å²) in [5.41, 5.74) is 0.408. The molecule has 102 valence electrons. The highest BCUT2D eigenvalue weighted by atomic mass is 32.1. The SMILES string of the molecule is Nn1c(=S)[nH]nc(C2C3CC4CC(C3)CC2C4)c1=O. The molecular formula is C13H18N4OS. The van der Waals surface area contributed by atoms with Crippen molar-refractivity contribution in [3.05, 3.63) is 20.8 Å². The lowest BCUT2D eigenvalue weighted by atomic mass is 9.51. The van der Waals surface area contributed by atoms with E-state index in [0.717, 1.165) is 16.5 Å². The van der Waals surface area contributed by atoms with E-state index in [1.54, 1.807) is 0 Å². The minimum atomic E-state index is -0.207. The van der Waals surface area contributed by atoms with Gasteiger partial charge in [0, 0.05) is 5.92 Å². The molecule has 0 aliphatic heterocycles. The zero-order valence-corrected chi connectivity index (χ0v) is 11.5. The fourth-order valence-corrected chi connectivity index (χ4v) is 5.14. The maximum Gasteiger partial charge on any atom is 0.295 e. The zero-order valence-electron chi connectivity index (χ0n) is 10.7. The second-order valence-corrected chi connectivity index (χ2v) is 6.93. The molecule has 5 rings (SSSR count). The molecule has 0 amide bonds. The van der Waals surface area contributed by atoms with E-state index < -0.39 is 0 Å². The van der Waals surface area contributed by atoms with E-state index in [-0.39, 0.29) is 10.3 Å². The summed E-state index contributed by atoms with van der Waals surface area (Å²) in [4.78, 5) is 12.3. The van der Waals surface area contributed by atoms with E-state index in [4.69, 9.17) is 18.1 Å². The normalized spacial score (nSPS) is 39.7. The van der Waals surface area contributed by atoms with Gasteiger partial charge in [-0.3, -0.25) is 9.89 Å². The highest BCUT2D eigenvalue weighted by Crippen LogP contribution is 2.58. The molecule has 1 heterocycles. The molecule has 1 aromatic heterocycles. The van der Waals surface area contributed by atoms with Gasteiger partial charge in [-0.2, -0.15) is 9.77 Å². The molecule has 4 aliphatic carbocycles. The van der Waals surface area contributed by atoms with Gasteiger partial charge in [0.2, 0.25) is 4.77 Å². The van der Waals surface area contributed by atoms with Crippen molar-refractivity contribution in [1.29, 1.82) is 0 Å². The molecule has 19 heavy (non-hydrogen) atoms. The Kier molecular flexibility index (Phi) is 2.40. The molecule has 4 fully saturated rings. The van der Waals surface area contributed by atoms with E-state index in [1.807, 2.05) is 0 Å². The highest BCUT2D eigenvalue weighted by molar-refractivity contribution is 7.71. The third kappa shape index (κ3) is 1.62. The number of nitrogens with one attached hydrogen (secondary N) is 1. The van der Waals surface area contributed by atoms with Gasteiger partial charge in [-0.1, -0.05) is 0 Å². The number of nitrogens with two attached hydrogens (primary N) is 1. The van der Waals surface area contributed by atoms with Crippen molar-refractivity contribution < 1.29 is 0 Å². The van der Waals surface area contributed by atoms with Gasteiger partial charge in [-0.05, 0) is 68.0 Å². The Hall–Kier alpha value is -1.17. The van der Waals surface area contributed by atoms with Gasteiger partial charge in [0.25, 0.3) is 5.56 Å². The second kappa shape index (κ2) is 3.91. The number of rotatable bonds is 1. The first kappa shape index (κ1) is 11.6. The van der Waals surface area contributed by atoms with Crippen molar-refractivity contribution >= 4 is 12.2 Å². The summed E-state index contributed by atoms with van der Waals surface area (Å²) in [6, 6.07) is 0. The van der Waals surface area contributed by atoms with Crippen LogP contribution in [0.1, 0.15) is 43.7 Å². The van der Waals surface area contributed by atoms with Crippen LogP contribution in [0.4, 0.5) is 0 Å². The fraction of sp³-hybridized carbons (Fsp3) is 0.769. The Morgan fingerprint density at radius 2 is 1.74 bits per heavy atom. The van der Waals surface area contributed by atoms with Crippen molar-refractivity contribution in [3.8, 4) is 0 Å². The molecule has 0 aromatic carbocycles. The minimum Gasteiger partial charge on any atom is -0.334 e. The Balaban J connectivity index is 1.79. The van der Waals surface area contributed by atoms with E-state index in [9.17, 15) is 4.79 Å². The first-order valence-electron chi connectivity index (χ1n) is 7.10. The third-order valence-electron chi connectivity index (χ3n) is 5.47. The van der Waals surface area contributed by atoms with E-state index in [1.165, 1.54) is 32.1 Å². The summed E-state index contributed by atoms with van der Waals surface area (Å²) in [6.07, 6.45) is 6.46. The predicted molar refractivity (Wildman–Crippen MR) is 73.6 cm³/mol. The van der Waals surface area contributed by atoms with Gasteiger partial charge in [-0.15, -0.1) is 0 Å². The Labute approximate surface area is 116 Å². The standard InChI is InChI=1S/C13H18N4OS/c14-17-12(18)11(15-16-13(17)19)10-8-2-6-1-7(4-8)5-9(10)3-6/h6-10H,1-5,14H2,(H,16,19). The summed E-state index contributed by atoms with van der Waals surface area (Å²) >= 11 is 4.95. The quantitative estimate of drug-likeness (QED) is 0.603. The maximum atomic E-state index is 12.3. The Bertz CT molecular complexity index is 606. The lowest BCUT2D eigenvalue weighted by molar-refractivity contribution is -0.00510. The van der Waals surface area contributed by atoms with Crippen LogP contribution in [-0.2, 0) is 0 Å². The average Bonchev–Trinajstić information content (AvgIpc) is 2.37. The van der Waals surface area contributed by atoms with Crippen LogP contribution in [-0.4, -0.2) is 14.9 Å². The molecule has 4 aliphatic rings. The van der Waals surface area contributed by atoms with E-state index in [0.29, 0.717) is 23.4 Å². The van der Waals surface area contributed by atoms with E-state index >= 15 is 0 Å². The maximum absolute atomic E-state index is 12.3. The number of nitrogen functional groups attached to an aromatic ring is 1. The van der Waals surface area contributed by atoms with Crippen molar-refractivity contribution in [2.75, 3.05) is 5.84 Å². The Morgan fingerprint density at radius 3 is 2.32 bits per heavy atom. The molecule has 0 radical (unpaired) electrons. The topological polar surface area (TPSA) is 76.7 Å². The summed E-state index contributed by atoms with van der Waals surface area (Å²) in [6.45, 7) is 0. The number of hydrogen-bond acceptors (Lipinski definition) is 4. The molecule has 4 saturated carbocycles. The summed E-state index contributed by atoms with van der Waals surface area (Å²) in [5, 5.41) is 6.96. The van der Waals surface area contributed by atoms with Crippen LogP contribution in [0.2, 0.25) is 0 Å². The third-order valence-corrected chi connectivity index (χ3v) is 5.76. The van der Waals surface area contributed by atoms with Crippen LogP contribution in [0, 0.1) is 28.4 Å². The van der Waals surface area contributed by atoms with Gasteiger partial charge >= 0.3 is 0 Å². The fourth-order valence-electron chi connectivity index (χ4n) is 5.01. The van der Waals surface area contributed by atoms with Gasteiger partial charge in [0.05, 0.1) is 0 Å². The lowest BCUT2D eigenvalue weighted by Gasteiger charge is -2.53. The number of H-pyrrole nitrogens is 1. The molecular weight excluding hydrogens is 260 g/mol. The zero-order chi connectivity index (χ0) is 13.1. The molecule has 5 nitrogen and oxygen atoms in total. The molecule has 0 unspecified atom stereocenters. The summed E-state index contributed by atoms with van der Waals surface area (Å²) in [7, 11) is 0. The first-order chi connectivity index (χ1) is 9.13. The van der Waals surface area contributed by atoms with Crippen LogP contribution >= 0.6 is 12.2 Å². The smallest absolute Gasteiger partial charge is 0.295 e. The molecule has 6 heteroatoms. The van der Waals surface area contributed by atoms with Crippen molar-refractivity contribution in [2.24, 2.45) is 23.7 Å². The van der Waals surface area contributed by atoms with Gasteiger partial charge in [0.15, 0.2) is 0 Å². The van der Waals surface area contributed by atoms with Crippen LogP contribution < -0.4 is 11.4 Å². The van der Waals surface area contributed by atoms with Crippen molar-refractivity contribution in [2.45, 2.75) is 38.0 Å². The van der Waals surface area contributed by atoms with Crippen molar-refractivity contribution in [1.82, 2.24) is 14.9 Å². The van der Waals surface area contributed by atoms with Crippen molar-refractivity contribution in [3.63, 3.8) is 0 Å². The summed E-state index contributed by atoms with van der Waals surface area (Å²) in [5.74, 6) is 9.03. The number of aromatic nitrogens is 3. The number of aromatic amines is 1. The largest absolute Gasteiger partial charge is 0.334 e. The predicted octanol–water partition coefficient (Wildman–Crippen LogP) is 1.55. The Morgan fingerprint density at radius 1 is 1.16 bits per heavy atom. The van der Waals surface area contributed by atoms with Gasteiger partial charge in [0.1, 0.15) is 5.69 Å². The minimum absolute atomic E-state index is 0.192. The number of nitrogens with zero attached hydrogens (tertiary/aromatic N) is 2. The molecule has 0 atom stereocenters. The molecule has 0 saturated heterocycles. The van der Waals surface area contributed by atoms with Crippen LogP contribution in [0.3, 0.4) is 0 Å². The molecule has 4 bridgehead atoms. The van der Waals surface area contributed by atoms with E-state index in [2.05, 4.69) is 10.2 Å². The monoisotopic (exact) mass is 278 g/mol. The lowest BCUT2D eigenvalue weighted by Crippen LogP contribution is -2.47. The van der Waals surface area contributed by atoms with Gasteiger partial charge in [-0.25, -0.2) is 0 Å². The molecule has 3 N–H and O–H groups in total. The second-order valence-electron chi connectivity index (χ2n) is 6.55. The highest BCUT2D eigenvalue weighted by Gasteiger charge is 2.50. The number of hydrogen-bond donors (Lipinski definition) is 2. The van der Waals surface area contributed by atoms with Crippen LogP contribution in [0.25, 0.3) is 0 Å². The summed E-state index contributed by atoms with van der Waals surface area (Å²) < 4.78 is 1.22. The first-order valence-corrected chi connectivity index (χ1v) is 7.51. The van der Waals surface area contributed by atoms with Gasteiger partial charge < -0.3 is 5.84 Å².